The molecule has 144 valence electrons. The minimum Gasteiger partial charge on any atom is -0.496 e. The number of allylic oxidation sites excluding steroid dienone is 1. The molecule has 0 saturated heterocycles. The molecule has 0 aliphatic carbocycles. The van der Waals surface area contributed by atoms with E-state index in [-0.39, 0.29) is 6.04 Å². The Kier molecular flexibility index (Phi) is 4.83. The van der Waals surface area contributed by atoms with Crippen molar-refractivity contribution in [1.29, 1.82) is 0 Å². The van der Waals surface area contributed by atoms with Gasteiger partial charge < -0.3 is 19.5 Å². The fourth-order valence-corrected chi connectivity index (χ4v) is 3.36. The fraction of sp³-hybridized carbons (Fsp3) is 0.200. The Bertz CT molecular complexity index is 1030. The van der Waals surface area contributed by atoms with Gasteiger partial charge in [-0.2, -0.15) is 10.1 Å². The number of anilines is 1. The van der Waals surface area contributed by atoms with E-state index in [4.69, 9.17) is 25.8 Å². The molecule has 0 radical (unpaired) electrons. The lowest BCUT2D eigenvalue weighted by Crippen LogP contribution is -2.20. The van der Waals surface area contributed by atoms with Crippen LogP contribution in [0.3, 0.4) is 0 Å². The smallest absolute Gasteiger partial charge is 0.226 e. The van der Waals surface area contributed by atoms with Crippen molar-refractivity contribution in [3.05, 3.63) is 65.0 Å². The zero-order valence-corrected chi connectivity index (χ0v) is 16.4. The van der Waals surface area contributed by atoms with Crippen molar-refractivity contribution in [3.8, 4) is 17.2 Å². The molecule has 28 heavy (non-hydrogen) atoms. The third-order valence-electron chi connectivity index (χ3n) is 4.62. The van der Waals surface area contributed by atoms with E-state index < -0.39 is 0 Å². The second kappa shape index (κ2) is 7.44. The molecular formula is C20H19ClN4O3. The lowest BCUT2D eigenvalue weighted by Gasteiger charge is -2.26. The van der Waals surface area contributed by atoms with Crippen molar-refractivity contribution in [2.45, 2.75) is 6.04 Å². The monoisotopic (exact) mass is 398 g/mol. The number of fused-ring (bicyclic) bond motifs is 1. The normalized spacial score (nSPS) is 15.3. The van der Waals surface area contributed by atoms with Crippen LogP contribution in [0.25, 0.3) is 5.70 Å². The van der Waals surface area contributed by atoms with E-state index in [1.54, 1.807) is 26.0 Å². The molecule has 1 aromatic heterocycles. The van der Waals surface area contributed by atoms with Gasteiger partial charge in [0.15, 0.2) is 11.5 Å². The highest BCUT2D eigenvalue weighted by Crippen LogP contribution is 2.41. The van der Waals surface area contributed by atoms with Crippen LogP contribution in [0.5, 0.6) is 17.2 Å². The highest BCUT2D eigenvalue weighted by Gasteiger charge is 2.27. The highest BCUT2D eigenvalue weighted by molar-refractivity contribution is 6.30. The summed E-state index contributed by atoms with van der Waals surface area (Å²) in [7, 11) is 4.82. The van der Waals surface area contributed by atoms with Crippen LogP contribution in [0.15, 0.2) is 48.8 Å². The average molecular weight is 399 g/mol. The lowest BCUT2D eigenvalue weighted by atomic mass is 10.00. The van der Waals surface area contributed by atoms with Crippen LogP contribution in [0.1, 0.15) is 17.2 Å². The number of hydrogen-bond donors (Lipinski definition) is 1. The summed E-state index contributed by atoms with van der Waals surface area (Å²) in [6.45, 7) is 0. The van der Waals surface area contributed by atoms with Crippen molar-refractivity contribution in [1.82, 2.24) is 14.8 Å². The van der Waals surface area contributed by atoms with E-state index in [1.807, 2.05) is 36.4 Å². The fourth-order valence-electron chi connectivity index (χ4n) is 3.24. The molecule has 8 heteroatoms. The van der Waals surface area contributed by atoms with E-state index in [1.165, 1.54) is 6.33 Å². The van der Waals surface area contributed by atoms with Crippen molar-refractivity contribution in [2.75, 3.05) is 26.6 Å². The van der Waals surface area contributed by atoms with Gasteiger partial charge in [0.1, 0.15) is 18.1 Å². The van der Waals surface area contributed by atoms with Gasteiger partial charge >= 0.3 is 0 Å². The summed E-state index contributed by atoms with van der Waals surface area (Å²) >= 11 is 6.03. The molecule has 3 aromatic rings. The summed E-state index contributed by atoms with van der Waals surface area (Å²) in [4.78, 5) is 4.33. The van der Waals surface area contributed by atoms with Gasteiger partial charge in [-0.1, -0.05) is 23.7 Å². The maximum atomic E-state index is 6.03. The maximum absolute atomic E-state index is 6.03. The molecular weight excluding hydrogens is 380 g/mol. The Labute approximate surface area is 167 Å². The second-order valence-corrected chi connectivity index (χ2v) is 6.57. The minimum absolute atomic E-state index is 0.251. The molecule has 1 aliphatic rings. The molecule has 1 atom stereocenters. The molecule has 4 rings (SSSR count). The third-order valence-corrected chi connectivity index (χ3v) is 4.87. The van der Waals surface area contributed by atoms with Gasteiger partial charge in [-0.25, -0.2) is 4.68 Å². The van der Waals surface area contributed by atoms with E-state index >= 15 is 0 Å². The van der Waals surface area contributed by atoms with Crippen molar-refractivity contribution in [2.24, 2.45) is 0 Å². The molecule has 0 saturated carbocycles. The van der Waals surface area contributed by atoms with E-state index in [9.17, 15) is 0 Å². The molecule has 1 N–H and O–H groups in total. The molecule has 2 heterocycles. The third kappa shape index (κ3) is 3.14. The Balaban J connectivity index is 1.87. The van der Waals surface area contributed by atoms with Gasteiger partial charge in [0, 0.05) is 22.3 Å². The van der Waals surface area contributed by atoms with Crippen molar-refractivity contribution >= 4 is 23.2 Å². The number of benzene rings is 2. The number of halogens is 1. The average Bonchev–Trinajstić information content (AvgIpc) is 3.21. The maximum Gasteiger partial charge on any atom is 0.226 e. The summed E-state index contributed by atoms with van der Waals surface area (Å²) in [6, 6.07) is 11.1. The number of nitrogens with zero attached hydrogens (tertiary/aromatic N) is 3. The Hall–Kier alpha value is -3.19. The van der Waals surface area contributed by atoms with Gasteiger partial charge in [-0.3, -0.25) is 0 Å². The Morgan fingerprint density at radius 3 is 2.32 bits per heavy atom. The topological polar surface area (TPSA) is 70.4 Å². The number of aromatic nitrogens is 3. The van der Waals surface area contributed by atoms with Crippen LogP contribution >= 0.6 is 11.6 Å². The first-order valence-corrected chi connectivity index (χ1v) is 8.96. The summed E-state index contributed by atoms with van der Waals surface area (Å²) in [5.41, 5.74) is 2.77. The van der Waals surface area contributed by atoms with Crippen molar-refractivity contribution < 1.29 is 14.2 Å². The Morgan fingerprint density at radius 1 is 0.964 bits per heavy atom. The number of methoxy groups -OCH3 is 3. The number of nitrogens with one attached hydrogen (secondary N) is 1. The molecule has 0 fully saturated rings. The van der Waals surface area contributed by atoms with Crippen molar-refractivity contribution in [3.63, 3.8) is 0 Å². The van der Waals surface area contributed by atoms with Gasteiger partial charge in [-0.05, 0) is 29.8 Å². The van der Waals surface area contributed by atoms with E-state index in [2.05, 4.69) is 21.5 Å². The standard InChI is InChI=1S/C20H19ClN4O3/c1-26-17-10-19(28-3)18(27-2)8-14(17)16-9-15(12-4-6-13(21)7-5-12)24-20-22-11-23-25(16)20/h4-11,16H,1-3H3,(H,22,23,24)/t16-/m0/s1. The Morgan fingerprint density at radius 2 is 1.64 bits per heavy atom. The second-order valence-electron chi connectivity index (χ2n) is 6.13. The van der Waals surface area contributed by atoms with Crippen LogP contribution < -0.4 is 19.5 Å². The first-order valence-electron chi connectivity index (χ1n) is 8.58. The van der Waals surface area contributed by atoms with Gasteiger partial charge in [-0.15, -0.1) is 0 Å². The molecule has 0 amide bonds. The van der Waals surface area contributed by atoms with Gasteiger partial charge in [0.2, 0.25) is 5.95 Å². The molecule has 7 nitrogen and oxygen atoms in total. The van der Waals surface area contributed by atoms with Gasteiger partial charge in [0.25, 0.3) is 0 Å². The molecule has 2 aromatic carbocycles. The zero-order valence-electron chi connectivity index (χ0n) is 15.6. The first kappa shape index (κ1) is 18.2. The van der Waals surface area contributed by atoms with Crippen LogP contribution in [0, 0.1) is 0 Å². The quantitative estimate of drug-likeness (QED) is 0.700. The van der Waals surface area contributed by atoms with Crippen LogP contribution in [-0.2, 0) is 0 Å². The van der Waals surface area contributed by atoms with Crippen LogP contribution in [0.2, 0.25) is 5.02 Å². The lowest BCUT2D eigenvalue weighted by molar-refractivity contribution is 0.346. The predicted octanol–water partition coefficient (Wildman–Crippen LogP) is 4.01. The van der Waals surface area contributed by atoms with E-state index in [0.29, 0.717) is 28.2 Å². The van der Waals surface area contributed by atoms with Crippen LogP contribution in [0.4, 0.5) is 5.95 Å². The zero-order chi connectivity index (χ0) is 19.7. The van der Waals surface area contributed by atoms with Crippen LogP contribution in [-0.4, -0.2) is 36.1 Å². The molecule has 0 spiro atoms. The highest BCUT2D eigenvalue weighted by atomic mass is 35.5. The number of ether oxygens (including phenoxy) is 3. The summed E-state index contributed by atoms with van der Waals surface area (Å²) in [5, 5.41) is 8.37. The molecule has 0 bridgehead atoms. The van der Waals surface area contributed by atoms with E-state index in [0.717, 1.165) is 16.8 Å². The largest absolute Gasteiger partial charge is 0.496 e. The van der Waals surface area contributed by atoms with Gasteiger partial charge in [0.05, 0.1) is 21.3 Å². The minimum atomic E-state index is -0.251. The predicted molar refractivity (Wildman–Crippen MR) is 107 cm³/mol. The SMILES string of the molecule is COc1cc(OC)c([C@@H]2C=C(c3ccc(Cl)cc3)Nc3ncnn32)cc1OC. The first-order chi connectivity index (χ1) is 13.6. The number of rotatable bonds is 5. The summed E-state index contributed by atoms with van der Waals surface area (Å²) < 4.78 is 18.3. The molecule has 1 aliphatic heterocycles. The summed E-state index contributed by atoms with van der Waals surface area (Å²) in [5.74, 6) is 2.50. The number of hydrogen-bond acceptors (Lipinski definition) is 6. The summed E-state index contributed by atoms with van der Waals surface area (Å²) in [6.07, 6.45) is 3.58. The molecule has 0 unspecified atom stereocenters.